The predicted molar refractivity (Wildman–Crippen MR) is 42.1 cm³/mol. The number of furan rings is 1. The molecule has 1 atom stereocenters. The molecule has 0 unspecified atom stereocenters. The van der Waals surface area contributed by atoms with Crippen LogP contribution in [0, 0.1) is 0 Å². The molecule has 0 saturated carbocycles. The SMILES string of the molecule is C/C(=C/c1ccco1)[C@H]1CO1. The van der Waals surface area contributed by atoms with E-state index in [4.69, 9.17) is 9.15 Å². The molecule has 0 aliphatic carbocycles. The minimum atomic E-state index is 0.347. The fourth-order valence-electron chi connectivity index (χ4n) is 1.00. The molecule has 0 aromatic carbocycles. The van der Waals surface area contributed by atoms with Crippen LogP contribution in [0.25, 0.3) is 6.08 Å². The van der Waals surface area contributed by atoms with E-state index < -0.39 is 0 Å². The van der Waals surface area contributed by atoms with Crippen molar-refractivity contribution in [3.8, 4) is 0 Å². The fraction of sp³-hybridized carbons (Fsp3) is 0.333. The van der Waals surface area contributed by atoms with Gasteiger partial charge < -0.3 is 9.15 Å². The third-order valence-corrected chi connectivity index (χ3v) is 1.75. The highest BCUT2D eigenvalue weighted by Gasteiger charge is 2.24. The Labute approximate surface area is 65.5 Å². The van der Waals surface area contributed by atoms with Gasteiger partial charge in [-0.15, -0.1) is 0 Å². The van der Waals surface area contributed by atoms with Crippen molar-refractivity contribution in [2.24, 2.45) is 0 Å². The molecule has 0 N–H and O–H groups in total. The molecule has 0 radical (unpaired) electrons. The summed E-state index contributed by atoms with van der Waals surface area (Å²) in [6.45, 7) is 2.92. The smallest absolute Gasteiger partial charge is 0.126 e. The largest absolute Gasteiger partial charge is 0.465 e. The van der Waals surface area contributed by atoms with Crippen LogP contribution < -0.4 is 0 Å². The van der Waals surface area contributed by atoms with Gasteiger partial charge >= 0.3 is 0 Å². The number of epoxide rings is 1. The van der Waals surface area contributed by atoms with Gasteiger partial charge in [0, 0.05) is 0 Å². The molecular weight excluding hydrogens is 140 g/mol. The van der Waals surface area contributed by atoms with E-state index in [9.17, 15) is 0 Å². The van der Waals surface area contributed by atoms with E-state index in [0.29, 0.717) is 6.10 Å². The molecule has 2 rings (SSSR count). The van der Waals surface area contributed by atoms with Crippen molar-refractivity contribution < 1.29 is 9.15 Å². The number of hydrogen-bond acceptors (Lipinski definition) is 2. The lowest BCUT2D eigenvalue weighted by atomic mass is 10.2. The zero-order valence-corrected chi connectivity index (χ0v) is 6.41. The molecule has 1 aliphatic heterocycles. The van der Waals surface area contributed by atoms with E-state index in [2.05, 4.69) is 6.92 Å². The highest BCUT2D eigenvalue weighted by molar-refractivity contribution is 5.48. The molecule has 0 amide bonds. The Hall–Kier alpha value is -1.02. The lowest BCUT2D eigenvalue weighted by Gasteiger charge is -1.90. The van der Waals surface area contributed by atoms with E-state index >= 15 is 0 Å². The Morgan fingerprint density at radius 3 is 3.09 bits per heavy atom. The minimum Gasteiger partial charge on any atom is -0.465 e. The van der Waals surface area contributed by atoms with Gasteiger partial charge in [-0.2, -0.15) is 0 Å². The Balaban J connectivity index is 2.13. The average Bonchev–Trinajstić information content (AvgIpc) is 2.73. The van der Waals surface area contributed by atoms with Crippen LogP contribution in [0.2, 0.25) is 0 Å². The number of rotatable bonds is 2. The highest BCUT2D eigenvalue weighted by atomic mass is 16.6. The summed E-state index contributed by atoms with van der Waals surface area (Å²) >= 11 is 0. The van der Waals surface area contributed by atoms with Crippen LogP contribution >= 0.6 is 0 Å². The van der Waals surface area contributed by atoms with Crippen LogP contribution in [0.15, 0.2) is 28.4 Å². The van der Waals surface area contributed by atoms with Crippen molar-refractivity contribution in [1.82, 2.24) is 0 Å². The number of ether oxygens (including phenoxy) is 1. The summed E-state index contributed by atoms with van der Waals surface area (Å²) in [6, 6.07) is 3.82. The van der Waals surface area contributed by atoms with Gasteiger partial charge in [0.05, 0.1) is 12.9 Å². The van der Waals surface area contributed by atoms with Gasteiger partial charge in [-0.3, -0.25) is 0 Å². The van der Waals surface area contributed by atoms with Crippen LogP contribution in [0.1, 0.15) is 12.7 Å². The third kappa shape index (κ3) is 1.52. The van der Waals surface area contributed by atoms with Gasteiger partial charge in [-0.1, -0.05) is 0 Å². The topological polar surface area (TPSA) is 25.7 Å². The lowest BCUT2D eigenvalue weighted by molar-refractivity contribution is 0.432. The van der Waals surface area contributed by atoms with Crippen LogP contribution in [-0.2, 0) is 4.74 Å². The van der Waals surface area contributed by atoms with Crippen LogP contribution in [0.4, 0.5) is 0 Å². The molecule has 0 spiro atoms. The summed E-state index contributed by atoms with van der Waals surface area (Å²) in [5.74, 6) is 0.901. The molecule has 1 aromatic heterocycles. The first kappa shape index (κ1) is 6.68. The molecule has 11 heavy (non-hydrogen) atoms. The highest BCUT2D eigenvalue weighted by Crippen LogP contribution is 2.21. The van der Waals surface area contributed by atoms with Gasteiger partial charge in [-0.25, -0.2) is 0 Å². The molecule has 1 aliphatic rings. The molecule has 1 saturated heterocycles. The quantitative estimate of drug-likeness (QED) is 0.603. The molecule has 0 bridgehead atoms. The van der Waals surface area contributed by atoms with Gasteiger partial charge in [0.25, 0.3) is 0 Å². The summed E-state index contributed by atoms with van der Waals surface area (Å²) in [6.07, 6.45) is 4.03. The standard InChI is InChI=1S/C9H10O2/c1-7(9-6-11-9)5-8-3-2-4-10-8/h2-5,9H,6H2,1H3/b7-5-/t9-/m1/s1. The minimum absolute atomic E-state index is 0.347. The first-order valence-electron chi connectivity index (χ1n) is 3.69. The Morgan fingerprint density at radius 2 is 2.55 bits per heavy atom. The van der Waals surface area contributed by atoms with Gasteiger partial charge in [0.2, 0.25) is 0 Å². The van der Waals surface area contributed by atoms with Gasteiger partial charge in [0.1, 0.15) is 11.9 Å². The molecule has 2 heterocycles. The molecular formula is C9H10O2. The first-order chi connectivity index (χ1) is 5.36. The zero-order valence-electron chi connectivity index (χ0n) is 6.41. The Kier molecular flexibility index (Phi) is 1.55. The van der Waals surface area contributed by atoms with Crippen molar-refractivity contribution >= 4 is 6.08 Å². The fourth-order valence-corrected chi connectivity index (χ4v) is 1.00. The first-order valence-corrected chi connectivity index (χ1v) is 3.69. The average molecular weight is 150 g/mol. The summed E-state index contributed by atoms with van der Waals surface area (Å²) in [4.78, 5) is 0. The lowest BCUT2D eigenvalue weighted by Crippen LogP contribution is -1.84. The summed E-state index contributed by atoms with van der Waals surface area (Å²) in [5, 5.41) is 0. The van der Waals surface area contributed by atoms with Crippen molar-refractivity contribution in [3.05, 3.63) is 29.7 Å². The second kappa shape index (κ2) is 2.55. The van der Waals surface area contributed by atoms with Crippen molar-refractivity contribution in [2.75, 3.05) is 6.61 Å². The second-order valence-corrected chi connectivity index (χ2v) is 2.73. The monoisotopic (exact) mass is 150 g/mol. The molecule has 2 heteroatoms. The van der Waals surface area contributed by atoms with Gasteiger partial charge in [-0.05, 0) is 30.7 Å². The van der Waals surface area contributed by atoms with E-state index in [1.807, 2.05) is 18.2 Å². The maximum atomic E-state index is 5.15. The molecule has 1 fully saturated rings. The molecule has 58 valence electrons. The third-order valence-electron chi connectivity index (χ3n) is 1.75. The van der Waals surface area contributed by atoms with Gasteiger partial charge in [0.15, 0.2) is 0 Å². The van der Waals surface area contributed by atoms with E-state index in [1.54, 1.807) is 6.26 Å². The van der Waals surface area contributed by atoms with E-state index in [0.717, 1.165) is 12.4 Å². The Bertz CT molecular complexity index is 255. The summed E-state index contributed by atoms with van der Waals surface area (Å²) < 4.78 is 10.3. The number of hydrogen-bond donors (Lipinski definition) is 0. The zero-order chi connectivity index (χ0) is 7.68. The van der Waals surface area contributed by atoms with Crippen molar-refractivity contribution in [1.29, 1.82) is 0 Å². The van der Waals surface area contributed by atoms with Crippen molar-refractivity contribution in [3.63, 3.8) is 0 Å². The Morgan fingerprint density at radius 1 is 1.73 bits per heavy atom. The maximum absolute atomic E-state index is 5.15. The summed E-state index contributed by atoms with van der Waals surface area (Å²) in [7, 11) is 0. The van der Waals surface area contributed by atoms with Crippen LogP contribution in [0.5, 0.6) is 0 Å². The van der Waals surface area contributed by atoms with Crippen LogP contribution in [0.3, 0.4) is 0 Å². The van der Waals surface area contributed by atoms with Crippen LogP contribution in [-0.4, -0.2) is 12.7 Å². The van der Waals surface area contributed by atoms with Crippen molar-refractivity contribution in [2.45, 2.75) is 13.0 Å². The molecule has 1 aromatic rings. The summed E-state index contributed by atoms with van der Waals surface area (Å²) in [5.41, 5.74) is 1.24. The molecule has 2 nitrogen and oxygen atoms in total. The normalized spacial score (nSPS) is 23.7. The van der Waals surface area contributed by atoms with E-state index in [-0.39, 0.29) is 0 Å². The van der Waals surface area contributed by atoms with E-state index in [1.165, 1.54) is 5.57 Å². The maximum Gasteiger partial charge on any atom is 0.126 e. The second-order valence-electron chi connectivity index (χ2n) is 2.73. The predicted octanol–water partition coefficient (Wildman–Crippen LogP) is 2.08.